The van der Waals surface area contributed by atoms with E-state index in [-0.39, 0.29) is 17.4 Å². The van der Waals surface area contributed by atoms with Gasteiger partial charge in [0.2, 0.25) is 5.95 Å². The van der Waals surface area contributed by atoms with Crippen LogP contribution < -0.4 is 10.6 Å². The second-order valence-corrected chi connectivity index (χ2v) is 5.71. The normalized spacial score (nSPS) is 10.4. The predicted molar refractivity (Wildman–Crippen MR) is 98.7 cm³/mol. The third kappa shape index (κ3) is 4.42. The van der Waals surface area contributed by atoms with Crippen LogP contribution in [0.5, 0.6) is 0 Å². The fraction of sp³-hybridized carbons (Fsp3) is 0.150. The molecule has 5 nitrogen and oxygen atoms in total. The van der Waals surface area contributed by atoms with Crippen molar-refractivity contribution < 1.29 is 9.18 Å². The molecule has 0 saturated heterocycles. The summed E-state index contributed by atoms with van der Waals surface area (Å²) in [5, 5.41) is 5.92. The van der Waals surface area contributed by atoms with E-state index >= 15 is 0 Å². The van der Waals surface area contributed by atoms with Crippen LogP contribution in [0.15, 0.2) is 60.8 Å². The van der Waals surface area contributed by atoms with Crippen molar-refractivity contribution in [2.24, 2.45) is 0 Å². The van der Waals surface area contributed by atoms with E-state index in [4.69, 9.17) is 0 Å². The molecule has 1 aromatic heterocycles. The fourth-order valence-corrected chi connectivity index (χ4v) is 2.49. The summed E-state index contributed by atoms with van der Waals surface area (Å²) in [6.45, 7) is 2.37. The number of rotatable bonds is 6. The van der Waals surface area contributed by atoms with Crippen LogP contribution in [0.4, 0.5) is 16.0 Å². The van der Waals surface area contributed by atoms with Crippen molar-refractivity contribution in [2.75, 3.05) is 5.32 Å². The molecule has 0 aliphatic carbocycles. The van der Waals surface area contributed by atoms with Crippen molar-refractivity contribution >= 4 is 17.5 Å². The van der Waals surface area contributed by atoms with E-state index in [1.165, 1.54) is 18.3 Å². The van der Waals surface area contributed by atoms with Crippen LogP contribution >= 0.6 is 0 Å². The smallest absolute Gasteiger partial charge is 0.270 e. The lowest BCUT2D eigenvalue weighted by molar-refractivity contribution is 0.0946. The van der Waals surface area contributed by atoms with E-state index in [1.54, 1.807) is 18.2 Å². The first kappa shape index (κ1) is 17.5. The monoisotopic (exact) mass is 350 g/mol. The minimum absolute atomic E-state index is 0.263. The van der Waals surface area contributed by atoms with E-state index in [1.807, 2.05) is 24.3 Å². The first-order chi connectivity index (χ1) is 12.7. The highest BCUT2D eigenvalue weighted by Crippen LogP contribution is 2.19. The van der Waals surface area contributed by atoms with Crippen LogP contribution in [0.3, 0.4) is 0 Å². The molecule has 6 heteroatoms. The Kier molecular flexibility index (Phi) is 5.53. The summed E-state index contributed by atoms with van der Waals surface area (Å²) in [5.41, 5.74) is 3.13. The Morgan fingerprint density at radius 2 is 1.85 bits per heavy atom. The Bertz CT molecular complexity index is 896. The Morgan fingerprint density at radius 1 is 1.08 bits per heavy atom. The van der Waals surface area contributed by atoms with Crippen molar-refractivity contribution in [3.8, 4) is 0 Å². The first-order valence-corrected chi connectivity index (χ1v) is 8.36. The molecule has 3 aromatic rings. The summed E-state index contributed by atoms with van der Waals surface area (Å²) >= 11 is 0. The fourth-order valence-electron chi connectivity index (χ4n) is 2.49. The summed E-state index contributed by atoms with van der Waals surface area (Å²) in [4.78, 5) is 20.8. The standard InChI is InChI=1S/C20H19FN4O/c1-2-15-5-3-4-6-17(15)24-20-22-12-11-18(25-20)19(26)23-13-14-7-9-16(21)10-8-14/h3-12H,2,13H2,1H3,(H,23,26)(H,22,24,25). The van der Waals surface area contributed by atoms with Crippen LogP contribution in [0.1, 0.15) is 28.5 Å². The number of hydrogen-bond acceptors (Lipinski definition) is 4. The van der Waals surface area contributed by atoms with Gasteiger partial charge in [-0.2, -0.15) is 0 Å². The molecule has 2 N–H and O–H groups in total. The lowest BCUT2D eigenvalue weighted by Gasteiger charge is -2.10. The average molecular weight is 350 g/mol. The van der Waals surface area contributed by atoms with Gasteiger partial charge in [-0.25, -0.2) is 14.4 Å². The van der Waals surface area contributed by atoms with E-state index in [0.717, 1.165) is 23.2 Å². The molecular formula is C20H19FN4O. The highest BCUT2D eigenvalue weighted by atomic mass is 19.1. The van der Waals surface area contributed by atoms with E-state index in [2.05, 4.69) is 27.5 Å². The van der Waals surface area contributed by atoms with E-state index in [9.17, 15) is 9.18 Å². The number of halogens is 1. The van der Waals surface area contributed by atoms with Crippen molar-refractivity contribution in [3.05, 3.63) is 83.4 Å². The van der Waals surface area contributed by atoms with Gasteiger partial charge >= 0.3 is 0 Å². The zero-order valence-electron chi connectivity index (χ0n) is 14.4. The van der Waals surface area contributed by atoms with Crippen LogP contribution in [-0.2, 0) is 13.0 Å². The van der Waals surface area contributed by atoms with Gasteiger partial charge in [-0.05, 0) is 41.8 Å². The molecule has 0 aliphatic rings. The molecule has 1 heterocycles. The number of amides is 1. The molecule has 0 fully saturated rings. The zero-order valence-corrected chi connectivity index (χ0v) is 14.4. The Balaban J connectivity index is 1.68. The van der Waals surface area contributed by atoms with Gasteiger partial charge in [0.25, 0.3) is 5.91 Å². The highest BCUT2D eigenvalue weighted by molar-refractivity contribution is 5.92. The molecule has 26 heavy (non-hydrogen) atoms. The van der Waals surface area contributed by atoms with Gasteiger partial charge in [-0.15, -0.1) is 0 Å². The Labute approximate surface area is 151 Å². The average Bonchev–Trinajstić information content (AvgIpc) is 2.68. The van der Waals surface area contributed by atoms with Crippen molar-refractivity contribution in [1.82, 2.24) is 15.3 Å². The number of nitrogens with zero attached hydrogens (tertiary/aromatic N) is 2. The van der Waals surface area contributed by atoms with Gasteiger partial charge in [0.1, 0.15) is 11.5 Å². The van der Waals surface area contributed by atoms with Crippen molar-refractivity contribution in [2.45, 2.75) is 19.9 Å². The van der Waals surface area contributed by atoms with Crippen LogP contribution in [0, 0.1) is 5.82 Å². The molecule has 0 radical (unpaired) electrons. The van der Waals surface area contributed by atoms with Crippen molar-refractivity contribution in [3.63, 3.8) is 0 Å². The summed E-state index contributed by atoms with van der Waals surface area (Å²) in [5.74, 6) is -0.261. The second-order valence-electron chi connectivity index (χ2n) is 5.71. The largest absolute Gasteiger partial charge is 0.347 e. The molecule has 0 atom stereocenters. The molecule has 1 amide bonds. The van der Waals surface area contributed by atoms with Gasteiger partial charge in [-0.3, -0.25) is 4.79 Å². The number of carbonyl (C=O) groups is 1. The Morgan fingerprint density at radius 3 is 2.62 bits per heavy atom. The van der Waals surface area contributed by atoms with E-state index < -0.39 is 0 Å². The maximum absolute atomic E-state index is 12.9. The molecule has 0 spiro atoms. The summed E-state index contributed by atoms with van der Waals surface area (Å²) in [6.07, 6.45) is 2.41. The molecule has 0 aliphatic heterocycles. The maximum atomic E-state index is 12.9. The van der Waals surface area contributed by atoms with Crippen LogP contribution in [-0.4, -0.2) is 15.9 Å². The highest BCUT2D eigenvalue weighted by Gasteiger charge is 2.10. The predicted octanol–water partition coefficient (Wildman–Crippen LogP) is 3.85. The summed E-state index contributed by atoms with van der Waals surface area (Å²) in [7, 11) is 0. The number of nitrogens with one attached hydrogen (secondary N) is 2. The van der Waals surface area contributed by atoms with Crippen LogP contribution in [0.25, 0.3) is 0 Å². The van der Waals surface area contributed by atoms with Gasteiger partial charge in [0, 0.05) is 18.4 Å². The third-order valence-electron chi connectivity index (χ3n) is 3.90. The lowest BCUT2D eigenvalue weighted by Crippen LogP contribution is -2.24. The molecule has 2 aromatic carbocycles. The lowest BCUT2D eigenvalue weighted by atomic mass is 10.1. The minimum atomic E-state index is -0.316. The van der Waals surface area contributed by atoms with E-state index in [0.29, 0.717) is 12.5 Å². The summed E-state index contributed by atoms with van der Waals surface area (Å²) in [6, 6.07) is 15.4. The van der Waals surface area contributed by atoms with Crippen LogP contribution in [0.2, 0.25) is 0 Å². The number of benzene rings is 2. The minimum Gasteiger partial charge on any atom is -0.347 e. The number of hydrogen-bond donors (Lipinski definition) is 2. The van der Waals surface area contributed by atoms with Gasteiger partial charge in [0.05, 0.1) is 0 Å². The third-order valence-corrected chi connectivity index (χ3v) is 3.90. The Hall–Kier alpha value is -3.28. The summed E-state index contributed by atoms with van der Waals surface area (Å²) < 4.78 is 12.9. The number of carbonyl (C=O) groups excluding carboxylic acids is 1. The second kappa shape index (κ2) is 8.20. The molecule has 132 valence electrons. The first-order valence-electron chi connectivity index (χ1n) is 8.36. The molecule has 3 rings (SSSR count). The number of para-hydroxylation sites is 1. The maximum Gasteiger partial charge on any atom is 0.270 e. The quantitative estimate of drug-likeness (QED) is 0.709. The van der Waals surface area contributed by atoms with Gasteiger partial charge in [-0.1, -0.05) is 37.3 Å². The zero-order chi connectivity index (χ0) is 18.4. The number of aromatic nitrogens is 2. The number of aryl methyl sites for hydroxylation is 1. The SMILES string of the molecule is CCc1ccccc1Nc1nccc(C(=O)NCc2ccc(F)cc2)n1. The topological polar surface area (TPSA) is 66.9 Å². The molecule has 0 unspecified atom stereocenters. The van der Waals surface area contributed by atoms with Gasteiger partial charge in [0.15, 0.2) is 0 Å². The number of anilines is 2. The molecule has 0 saturated carbocycles. The molecule has 0 bridgehead atoms. The van der Waals surface area contributed by atoms with Crippen molar-refractivity contribution in [1.29, 1.82) is 0 Å². The molecular weight excluding hydrogens is 331 g/mol. The van der Waals surface area contributed by atoms with Gasteiger partial charge < -0.3 is 10.6 Å².